The standard InChI is InChI=1S/C26H23ClF6N6O/c27-16-1-3-18-14(5-16)8-38(25(12-40-13-25)26(31,32)33)9-20-35-36-23(39(18)20)15-6-24(7-15)10-37(11-24)19-4-2-17(28)21(34-19)22(29)30/h1-5,15,22H,6-13H2. The first-order valence-corrected chi connectivity index (χ1v) is 13.2. The van der Waals surface area contributed by atoms with E-state index in [0.717, 1.165) is 18.9 Å². The van der Waals surface area contributed by atoms with Gasteiger partial charge in [0.2, 0.25) is 0 Å². The smallest absolute Gasteiger partial charge is 0.377 e. The highest BCUT2D eigenvalue weighted by Crippen LogP contribution is 2.57. The summed E-state index contributed by atoms with van der Waals surface area (Å²) in [5.41, 5.74) is -1.69. The Morgan fingerprint density at radius 3 is 2.42 bits per heavy atom. The lowest BCUT2D eigenvalue weighted by molar-refractivity contribution is -0.310. The summed E-state index contributed by atoms with van der Waals surface area (Å²) in [6.45, 7) is 0.236. The number of hydrogen-bond donors (Lipinski definition) is 0. The molecule has 3 aliphatic heterocycles. The summed E-state index contributed by atoms with van der Waals surface area (Å²) in [5.74, 6) is 0.385. The average Bonchev–Trinajstić information content (AvgIpc) is 3.12. The van der Waals surface area contributed by atoms with Crippen LogP contribution in [-0.4, -0.2) is 62.7 Å². The third-order valence-electron chi connectivity index (χ3n) is 8.71. The van der Waals surface area contributed by atoms with Gasteiger partial charge in [0.1, 0.15) is 17.3 Å². The minimum atomic E-state index is -4.49. The van der Waals surface area contributed by atoms with Gasteiger partial charge >= 0.3 is 6.18 Å². The van der Waals surface area contributed by atoms with Crippen molar-refractivity contribution in [3.05, 3.63) is 64.1 Å². The molecule has 1 saturated carbocycles. The maximum Gasteiger partial charge on any atom is 0.411 e. The maximum atomic E-state index is 14.2. The van der Waals surface area contributed by atoms with Crippen LogP contribution in [0.25, 0.3) is 5.69 Å². The molecule has 40 heavy (non-hydrogen) atoms. The van der Waals surface area contributed by atoms with Crippen molar-refractivity contribution in [1.82, 2.24) is 24.6 Å². The lowest BCUT2D eigenvalue weighted by atomic mass is 9.57. The van der Waals surface area contributed by atoms with E-state index in [-0.39, 0.29) is 24.4 Å². The van der Waals surface area contributed by atoms with Crippen LogP contribution in [0.5, 0.6) is 0 Å². The van der Waals surface area contributed by atoms with E-state index >= 15 is 0 Å². The number of nitrogens with zero attached hydrogens (tertiary/aromatic N) is 6. The number of pyridine rings is 1. The second-order valence-corrected chi connectivity index (χ2v) is 11.7. The van der Waals surface area contributed by atoms with Crippen molar-refractivity contribution in [2.45, 2.75) is 50.0 Å². The third-order valence-corrected chi connectivity index (χ3v) is 8.95. The van der Waals surface area contributed by atoms with Crippen molar-refractivity contribution in [3.8, 4) is 5.69 Å². The van der Waals surface area contributed by atoms with Crippen molar-refractivity contribution in [3.63, 3.8) is 0 Å². The van der Waals surface area contributed by atoms with Crippen molar-refractivity contribution >= 4 is 17.4 Å². The molecule has 0 atom stereocenters. The normalized spacial score (nSPS) is 21.9. The first-order valence-electron chi connectivity index (χ1n) is 12.8. The number of fused-ring (bicyclic) bond motifs is 3. The molecule has 2 aromatic heterocycles. The Morgan fingerprint density at radius 2 is 1.77 bits per heavy atom. The number of rotatable bonds is 4. The topological polar surface area (TPSA) is 59.3 Å². The summed E-state index contributed by atoms with van der Waals surface area (Å²) in [6, 6.07) is 7.58. The van der Waals surface area contributed by atoms with E-state index in [1.807, 2.05) is 9.47 Å². The van der Waals surface area contributed by atoms with E-state index in [2.05, 4.69) is 15.2 Å². The van der Waals surface area contributed by atoms with Crippen LogP contribution in [-0.2, 0) is 17.8 Å². The van der Waals surface area contributed by atoms with Crippen molar-refractivity contribution in [1.29, 1.82) is 0 Å². The van der Waals surface area contributed by atoms with Crippen molar-refractivity contribution in [2.75, 3.05) is 31.2 Å². The van der Waals surface area contributed by atoms with Gasteiger partial charge in [-0.1, -0.05) is 11.6 Å². The van der Waals surface area contributed by atoms with Gasteiger partial charge in [0.05, 0.1) is 25.4 Å². The Bertz CT molecular complexity index is 1480. The summed E-state index contributed by atoms with van der Waals surface area (Å²) in [5, 5.41) is 9.19. The van der Waals surface area contributed by atoms with Gasteiger partial charge in [0.25, 0.3) is 6.43 Å². The first kappa shape index (κ1) is 26.0. The van der Waals surface area contributed by atoms with Gasteiger partial charge in [0.15, 0.2) is 17.2 Å². The molecule has 0 N–H and O–H groups in total. The largest absolute Gasteiger partial charge is 0.411 e. The van der Waals surface area contributed by atoms with Crippen LogP contribution in [0.1, 0.15) is 48.1 Å². The zero-order valence-corrected chi connectivity index (χ0v) is 21.7. The molecule has 1 aromatic carbocycles. The summed E-state index contributed by atoms with van der Waals surface area (Å²) < 4.78 is 89.4. The van der Waals surface area contributed by atoms with Gasteiger partial charge in [-0.15, -0.1) is 10.2 Å². The van der Waals surface area contributed by atoms with E-state index in [9.17, 15) is 26.3 Å². The van der Waals surface area contributed by atoms with E-state index in [4.69, 9.17) is 16.3 Å². The SMILES string of the molecule is Fc1ccc(N2CC3(CC(c4nnc5n4-c4ccc(Cl)cc4CN(C4(C(F)(F)F)COC4)C5)C3)C2)nc1C(F)F. The Kier molecular flexibility index (Phi) is 5.72. The lowest BCUT2D eigenvalue weighted by Crippen LogP contribution is -2.69. The number of anilines is 1. The number of benzene rings is 1. The fraction of sp³-hybridized carbons (Fsp3) is 0.500. The monoisotopic (exact) mass is 584 g/mol. The lowest BCUT2D eigenvalue weighted by Gasteiger charge is -2.59. The molecule has 3 aromatic rings. The Labute approximate surface area is 229 Å². The van der Waals surface area contributed by atoms with Crippen LogP contribution < -0.4 is 4.90 Å². The van der Waals surface area contributed by atoms with Crippen molar-refractivity contribution in [2.24, 2.45) is 5.41 Å². The molecule has 2 saturated heterocycles. The third kappa shape index (κ3) is 3.84. The molecule has 0 bridgehead atoms. The van der Waals surface area contributed by atoms with E-state index in [1.54, 1.807) is 18.2 Å². The van der Waals surface area contributed by atoms with Crippen LogP contribution in [0.2, 0.25) is 5.02 Å². The second-order valence-electron chi connectivity index (χ2n) is 11.3. The van der Waals surface area contributed by atoms with E-state index in [0.29, 0.717) is 46.8 Å². The first-order chi connectivity index (χ1) is 19.0. The van der Waals surface area contributed by atoms with Crippen LogP contribution in [0.4, 0.5) is 32.2 Å². The molecule has 3 fully saturated rings. The average molecular weight is 585 g/mol. The minimum Gasteiger partial charge on any atom is -0.377 e. The molecule has 1 aliphatic carbocycles. The summed E-state index contributed by atoms with van der Waals surface area (Å²) >= 11 is 6.26. The number of halogens is 7. The maximum absolute atomic E-state index is 14.2. The quantitative estimate of drug-likeness (QED) is 0.382. The van der Waals surface area contributed by atoms with Gasteiger partial charge in [-0.05, 0) is 48.7 Å². The fourth-order valence-electron chi connectivity index (χ4n) is 6.54. The Hall–Kier alpha value is -2.90. The number of alkyl halides is 5. The molecule has 0 unspecified atom stereocenters. The van der Waals surface area contributed by atoms with Crippen LogP contribution in [0, 0.1) is 11.2 Å². The number of aromatic nitrogens is 4. The highest BCUT2D eigenvalue weighted by Gasteiger charge is 2.64. The fourth-order valence-corrected chi connectivity index (χ4v) is 6.74. The van der Waals surface area contributed by atoms with Gasteiger partial charge in [0, 0.05) is 36.0 Å². The number of ether oxygens (including phenoxy) is 1. The minimum absolute atomic E-state index is 0.0138. The molecule has 7 nitrogen and oxygen atoms in total. The Balaban J connectivity index is 1.14. The molecule has 0 radical (unpaired) electrons. The van der Waals surface area contributed by atoms with Gasteiger partial charge < -0.3 is 9.64 Å². The molecule has 7 rings (SSSR count). The Morgan fingerprint density at radius 1 is 1.02 bits per heavy atom. The van der Waals surface area contributed by atoms with Gasteiger partial charge in [-0.2, -0.15) is 13.2 Å². The number of hydrogen-bond acceptors (Lipinski definition) is 6. The summed E-state index contributed by atoms with van der Waals surface area (Å²) in [7, 11) is 0. The summed E-state index contributed by atoms with van der Waals surface area (Å²) in [6.07, 6.45) is -5.99. The molecule has 14 heteroatoms. The molecule has 1 spiro atoms. The molecule has 0 amide bonds. The molecular weight excluding hydrogens is 562 g/mol. The van der Waals surface area contributed by atoms with Gasteiger partial charge in [-0.3, -0.25) is 9.47 Å². The van der Waals surface area contributed by atoms with E-state index < -0.39 is 42.9 Å². The van der Waals surface area contributed by atoms with Crippen LogP contribution in [0.3, 0.4) is 0 Å². The predicted octanol–water partition coefficient (Wildman–Crippen LogP) is 5.42. The molecule has 4 aliphatic rings. The zero-order valence-electron chi connectivity index (χ0n) is 20.9. The van der Waals surface area contributed by atoms with Crippen LogP contribution in [0.15, 0.2) is 30.3 Å². The van der Waals surface area contributed by atoms with Crippen LogP contribution >= 0.6 is 11.6 Å². The van der Waals surface area contributed by atoms with Gasteiger partial charge in [-0.25, -0.2) is 18.2 Å². The predicted molar refractivity (Wildman–Crippen MR) is 131 cm³/mol. The second kappa shape index (κ2) is 8.80. The summed E-state index contributed by atoms with van der Waals surface area (Å²) in [4.78, 5) is 7.02. The van der Waals surface area contributed by atoms with E-state index in [1.165, 1.54) is 11.0 Å². The molecule has 5 heterocycles. The zero-order chi connectivity index (χ0) is 28.0. The highest BCUT2D eigenvalue weighted by atomic mass is 35.5. The van der Waals surface area contributed by atoms with Crippen molar-refractivity contribution < 1.29 is 31.1 Å². The highest BCUT2D eigenvalue weighted by molar-refractivity contribution is 6.30. The molecule has 212 valence electrons. The molecular formula is C26H23ClF6N6O.